The Bertz CT molecular complexity index is 2240. The largest absolute Gasteiger partial charge is 0.494 e. The Morgan fingerprint density at radius 2 is 1.04 bits per heavy atom. The van der Waals surface area contributed by atoms with Gasteiger partial charge in [-0.25, -0.2) is 4.79 Å². The van der Waals surface area contributed by atoms with Gasteiger partial charge in [-0.2, -0.15) is 0 Å². The number of fused-ring (bicyclic) bond motifs is 7. The molecule has 0 saturated heterocycles. The number of alkyl carbamates (subject to hydrolysis) is 1. The van der Waals surface area contributed by atoms with E-state index in [-0.39, 0.29) is 24.6 Å². The van der Waals surface area contributed by atoms with Crippen LogP contribution in [0.15, 0.2) is 133 Å². The first-order valence-corrected chi connectivity index (χ1v) is 18.0. The van der Waals surface area contributed by atoms with E-state index in [1.165, 1.54) is 22.3 Å². The molecular formula is C45H40N2O6. The van der Waals surface area contributed by atoms with E-state index in [0.717, 1.165) is 45.3 Å². The monoisotopic (exact) mass is 704 g/mol. The summed E-state index contributed by atoms with van der Waals surface area (Å²) in [5.74, 6) is 4.53. The Hall–Kier alpha value is -6.25. The van der Waals surface area contributed by atoms with Crippen molar-refractivity contribution in [3.63, 3.8) is 0 Å². The fourth-order valence-corrected chi connectivity index (χ4v) is 7.34. The summed E-state index contributed by atoms with van der Waals surface area (Å²) < 4.78 is 28.9. The van der Waals surface area contributed by atoms with Crippen molar-refractivity contribution in [1.29, 1.82) is 0 Å². The molecule has 1 aliphatic carbocycles. The second-order valence-electron chi connectivity index (χ2n) is 12.9. The van der Waals surface area contributed by atoms with Gasteiger partial charge in [-0.05, 0) is 72.5 Å². The van der Waals surface area contributed by atoms with Crippen LogP contribution in [0.4, 0.5) is 4.79 Å². The van der Waals surface area contributed by atoms with Gasteiger partial charge >= 0.3 is 6.09 Å². The van der Waals surface area contributed by atoms with Gasteiger partial charge in [0.25, 0.3) is 0 Å². The molecule has 53 heavy (non-hydrogen) atoms. The van der Waals surface area contributed by atoms with E-state index >= 15 is 0 Å². The minimum absolute atomic E-state index is 0.0103. The van der Waals surface area contributed by atoms with Gasteiger partial charge in [-0.15, -0.1) is 0 Å². The Morgan fingerprint density at radius 3 is 1.64 bits per heavy atom. The Balaban J connectivity index is 0.000000186. The third-order valence-electron chi connectivity index (χ3n) is 9.77. The normalized spacial score (nSPS) is 15.6. The number of ether oxygens (including phenoxy) is 5. The molecule has 2 heterocycles. The van der Waals surface area contributed by atoms with Crippen LogP contribution >= 0.6 is 0 Å². The molecule has 2 aliphatic heterocycles. The Labute approximate surface area is 309 Å². The zero-order chi connectivity index (χ0) is 36.3. The number of hydrogen-bond acceptors (Lipinski definition) is 7. The number of para-hydroxylation sites is 2. The van der Waals surface area contributed by atoms with Crippen LogP contribution in [-0.2, 0) is 4.74 Å². The van der Waals surface area contributed by atoms with Gasteiger partial charge in [0.1, 0.15) is 41.1 Å². The summed E-state index contributed by atoms with van der Waals surface area (Å²) >= 11 is 0. The van der Waals surface area contributed by atoms with Crippen LogP contribution in [0, 0.1) is 0 Å². The fraction of sp³-hybridized carbons (Fsp3) is 0.178. The highest BCUT2D eigenvalue weighted by Gasteiger charge is 2.32. The SMILES string of the molecule is CCOc1ccc2c(c1)Oc1ccccc1C2N.CCOc1ccc2c(c1)Oc1ccccc1C2NC(=O)OCC1c2ccccc2-c2ccccc21. The van der Waals surface area contributed by atoms with Gasteiger partial charge in [0.05, 0.1) is 25.3 Å². The zero-order valence-electron chi connectivity index (χ0n) is 29.6. The average Bonchev–Trinajstić information content (AvgIpc) is 3.51. The maximum Gasteiger partial charge on any atom is 0.407 e. The van der Waals surface area contributed by atoms with Gasteiger partial charge in [0.2, 0.25) is 0 Å². The number of nitrogens with one attached hydrogen (secondary N) is 1. The topological polar surface area (TPSA) is 101 Å². The van der Waals surface area contributed by atoms with Crippen LogP contribution in [0.25, 0.3) is 11.1 Å². The van der Waals surface area contributed by atoms with Crippen molar-refractivity contribution in [2.24, 2.45) is 5.73 Å². The molecule has 0 bridgehead atoms. The molecule has 8 nitrogen and oxygen atoms in total. The molecule has 8 heteroatoms. The molecule has 0 fully saturated rings. The lowest BCUT2D eigenvalue weighted by molar-refractivity contribution is 0.140. The van der Waals surface area contributed by atoms with Crippen molar-refractivity contribution in [2.45, 2.75) is 31.8 Å². The summed E-state index contributed by atoms with van der Waals surface area (Å²) in [6, 6.07) is 43.2. The number of amides is 1. The molecule has 2 unspecified atom stereocenters. The summed E-state index contributed by atoms with van der Waals surface area (Å²) in [6.45, 7) is 5.37. The molecule has 0 radical (unpaired) electrons. The predicted octanol–water partition coefficient (Wildman–Crippen LogP) is 10.1. The van der Waals surface area contributed by atoms with E-state index < -0.39 is 6.09 Å². The first-order chi connectivity index (χ1) is 26.0. The maximum atomic E-state index is 13.1. The highest BCUT2D eigenvalue weighted by Crippen LogP contribution is 2.46. The van der Waals surface area contributed by atoms with Crippen LogP contribution in [0.5, 0.6) is 34.5 Å². The minimum atomic E-state index is -0.464. The first kappa shape index (κ1) is 33.9. The molecule has 2 atom stereocenters. The zero-order valence-corrected chi connectivity index (χ0v) is 29.6. The average molecular weight is 705 g/mol. The lowest BCUT2D eigenvalue weighted by atomic mass is 9.94. The molecule has 1 amide bonds. The van der Waals surface area contributed by atoms with Crippen LogP contribution in [-0.4, -0.2) is 25.9 Å². The van der Waals surface area contributed by atoms with Crippen molar-refractivity contribution >= 4 is 6.09 Å². The summed E-state index contributed by atoms with van der Waals surface area (Å²) in [4.78, 5) is 13.1. The van der Waals surface area contributed by atoms with Crippen LogP contribution in [0.3, 0.4) is 0 Å². The number of nitrogens with two attached hydrogens (primary N) is 1. The van der Waals surface area contributed by atoms with Crippen molar-refractivity contribution in [2.75, 3.05) is 19.8 Å². The molecular weight excluding hydrogens is 665 g/mol. The Morgan fingerprint density at radius 1 is 0.585 bits per heavy atom. The second-order valence-corrected chi connectivity index (χ2v) is 12.9. The Kier molecular flexibility index (Phi) is 9.44. The van der Waals surface area contributed by atoms with Crippen molar-refractivity contribution < 1.29 is 28.5 Å². The van der Waals surface area contributed by atoms with E-state index in [4.69, 9.17) is 29.4 Å². The number of carbonyl (C=O) groups excluding carboxylic acids is 1. The molecule has 3 N–H and O–H groups in total. The highest BCUT2D eigenvalue weighted by molar-refractivity contribution is 5.79. The van der Waals surface area contributed by atoms with Gasteiger partial charge in [-0.1, -0.05) is 84.9 Å². The second kappa shape index (κ2) is 14.8. The van der Waals surface area contributed by atoms with Crippen LogP contribution in [0.1, 0.15) is 65.2 Å². The molecule has 9 rings (SSSR count). The van der Waals surface area contributed by atoms with Gasteiger partial charge in [0.15, 0.2) is 0 Å². The van der Waals surface area contributed by atoms with Crippen molar-refractivity contribution in [1.82, 2.24) is 5.32 Å². The van der Waals surface area contributed by atoms with Crippen LogP contribution in [0.2, 0.25) is 0 Å². The van der Waals surface area contributed by atoms with E-state index in [0.29, 0.717) is 24.7 Å². The molecule has 266 valence electrons. The molecule has 0 spiro atoms. The first-order valence-electron chi connectivity index (χ1n) is 18.0. The van der Waals surface area contributed by atoms with Gasteiger partial charge < -0.3 is 34.7 Å². The van der Waals surface area contributed by atoms with Gasteiger partial charge in [0, 0.05) is 40.3 Å². The number of carbonyl (C=O) groups is 1. The molecule has 6 aromatic carbocycles. The summed E-state index contributed by atoms with van der Waals surface area (Å²) in [7, 11) is 0. The van der Waals surface area contributed by atoms with E-state index in [9.17, 15) is 4.79 Å². The van der Waals surface area contributed by atoms with Gasteiger partial charge in [-0.3, -0.25) is 0 Å². The third-order valence-corrected chi connectivity index (χ3v) is 9.77. The van der Waals surface area contributed by atoms with Crippen molar-refractivity contribution in [3.8, 4) is 45.6 Å². The number of rotatable bonds is 7. The lowest BCUT2D eigenvalue weighted by Crippen LogP contribution is -2.32. The van der Waals surface area contributed by atoms with Crippen LogP contribution < -0.4 is 30.0 Å². The summed E-state index contributed by atoms with van der Waals surface area (Å²) in [6.07, 6.45) is -0.464. The smallest absolute Gasteiger partial charge is 0.407 e. The predicted molar refractivity (Wildman–Crippen MR) is 204 cm³/mol. The van der Waals surface area contributed by atoms with E-state index in [2.05, 4.69) is 29.6 Å². The van der Waals surface area contributed by atoms with Crippen molar-refractivity contribution in [3.05, 3.63) is 167 Å². The molecule has 0 saturated carbocycles. The maximum absolute atomic E-state index is 13.1. The lowest BCUT2D eigenvalue weighted by Gasteiger charge is -2.29. The third kappa shape index (κ3) is 6.65. The summed E-state index contributed by atoms with van der Waals surface area (Å²) in [5, 5.41) is 3.07. The fourth-order valence-electron chi connectivity index (χ4n) is 7.34. The minimum Gasteiger partial charge on any atom is -0.494 e. The van der Waals surface area contributed by atoms with E-state index in [1.54, 1.807) is 0 Å². The summed E-state index contributed by atoms with van der Waals surface area (Å²) in [5.41, 5.74) is 14.8. The number of benzene rings is 6. The van der Waals surface area contributed by atoms with E-state index in [1.807, 2.05) is 123 Å². The molecule has 6 aromatic rings. The highest BCUT2D eigenvalue weighted by atomic mass is 16.5. The number of hydrogen-bond donors (Lipinski definition) is 2. The molecule has 0 aromatic heterocycles. The molecule has 3 aliphatic rings. The standard InChI is InChI=1S/C30H25NO4.C15H15NO2/c1-2-33-19-15-16-25-28(17-19)35-27-14-8-7-13-24(27)29(25)31-30(32)34-18-26-22-11-5-3-9-20(22)21-10-4-6-12-23(21)26;1-2-17-10-7-8-12-14(9-10)18-13-6-4-3-5-11(13)15(12)16/h3-17,26,29H,2,18H2,1H3,(H,31,32);3-9,15H,2,16H2,1H3. The quantitative estimate of drug-likeness (QED) is 0.171.